The highest BCUT2D eigenvalue weighted by atomic mass is 32.1. The topological polar surface area (TPSA) is 55.1 Å². The third kappa shape index (κ3) is 3.54. The van der Waals surface area contributed by atoms with E-state index in [0.717, 1.165) is 0 Å². The van der Waals surface area contributed by atoms with E-state index in [0.29, 0.717) is 0 Å². The molecule has 3 N–H and O–H groups in total. The lowest BCUT2D eigenvalue weighted by Gasteiger charge is -2.24. The van der Waals surface area contributed by atoms with Crippen molar-refractivity contribution in [1.29, 1.82) is 0 Å². The van der Waals surface area contributed by atoms with E-state index in [9.17, 15) is 4.79 Å². The Labute approximate surface area is 107 Å². The molecule has 1 aromatic heterocycles. The second kappa shape index (κ2) is 5.65. The Hall–Kier alpha value is -0.870. The minimum Gasteiger partial charge on any atom is -0.368 e. The zero-order chi connectivity index (χ0) is 13.2. The lowest BCUT2D eigenvalue weighted by Crippen LogP contribution is -2.45. The number of nitrogens with one attached hydrogen (secondary N) is 1. The molecule has 2 atom stereocenters. The first-order valence-corrected chi connectivity index (χ1v) is 6.76. The smallest absolute Gasteiger partial charge is 0.234 e. The van der Waals surface area contributed by atoms with E-state index in [2.05, 4.69) is 32.2 Å². The van der Waals surface area contributed by atoms with E-state index in [1.54, 1.807) is 11.3 Å². The fourth-order valence-electron chi connectivity index (χ4n) is 2.04. The van der Waals surface area contributed by atoms with Crippen molar-refractivity contribution in [3.05, 3.63) is 21.4 Å². The first-order valence-electron chi connectivity index (χ1n) is 5.95. The van der Waals surface area contributed by atoms with Crippen molar-refractivity contribution in [1.82, 2.24) is 5.32 Å². The molecule has 0 aliphatic carbocycles. The van der Waals surface area contributed by atoms with Gasteiger partial charge in [-0.05, 0) is 38.3 Å². The molecule has 0 bridgehead atoms. The fraction of sp³-hybridized carbons (Fsp3) is 0.615. The average Bonchev–Trinajstić information content (AvgIpc) is 2.53. The fourth-order valence-corrected chi connectivity index (χ4v) is 3.07. The number of carbonyl (C=O) groups is 1. The Balaban J connectivity index is 2.80. The van der Waals surface area contributed by atoms with E-state index < -0.39 is 0 Å². The van der Waals surface area contributed by atoms with Crippen LogP contribution in [0.4, 0.5) is 0 Å². The van der Waals surface area contributed by atoms with Gasteiger partial charge in [-0.15, -0.1) is 11.3 Å². The Morgan fingerprint density at radius 1 is 1.35 bits per heavy atom. The van der Waals surface area contributed by atoms with Crippen molar-refractivity contribution in [2.45, 2.75) is 46.7 Å². The predicted molar refractivity (Wildman–Crippen MR) is 73.2 cm³/mol. The molecule has 1 heterocycles. The number of thiophene rings is 1. The van der Waals surface area contributed by atoms with Gasteiger partial charge in [0, 0.05) is 15.8 Å². The molecule has 0 spiro atoms. The average molecular weight is 254 g/mol. The van der Waals surface area contributed by atoms with Crippen LogP contribution in [0.25, 0.3) is 0 Å². The molecule has 2 unspecified atom stereocenters. The molecule has 1 rings (SSSR count). The van der Waals surface area contributed by atoms with Crippen LogP contribution >= 0.6 is 11.3 Å². The Bertz CT molecular complexity index is 398. The SMILES string of the molecule is Cc1cc(C(C)NC(C(N)=O)C(C)C)c(C)s1. The molecule has 0 radical (unpaired) electrons. The third-order valence-electron chi connectivity index (χ3n) is 2.95. The van der Waals surface area contributed by atoms with Crippen LogP contribution in [-0.2, 0) is 4.79 Å². The van der Waals surface area contributed by atoms with Crippen LogP contribution in [0.3, 0.4) is 0 Å². The van der Waals surface area contributed by atoms with E-state index in [-0.39, 0.29) is 23.9 Å². The van der Waals surface area contributed by atoms with Gasteiger partial charge in [0.15, 0.2) is 0 Å². The molecular formula is C13H22N2OS. The van der Waals surface area contributed by atoms with Crippen LogP contribution in [0.5, 0.6) is 0 Å². The third-order valence-corrected chi connectivity index (χ3v) is 3.93. The number of hydrogen-bond acceptors (Lipinski definition) is 3. The monoisotopic (exact) mass is 254 g/mol. The minimum absolute atomic E-state index is 0.153. The summed E-state index contributed by atoms with van der Waals surface area (Å²) in [6.45, 7) is 10.3. The summed E-state index contributed by atoms with van der Waals surface area (Å²) in [5.74, 6) is -0.0774. The Morgan fingerprint density at radius 2 is 1.94 bits per heavy atom. The highest BCUT2D eigenvalue weighted by molar-refractivity contribution is 7.12. The lowest BCUT2D eigenvalue weighted by atomic mass is 10.0. The van der Waals surface area contributed by atoms with Crippen LogP contribution in [0.2, 0.25) is 0 Å². The molecule has 4 heteroatoms. The second-order valence-corrected chi connectivity index (χ2v) is 6.34. The summed E-state index contributed by atoms with van der Waals surface area (Å²) in [5.41, 5.74) is 6.67. The molecule has 17 heavy (non-hydrogen) atoms. The maximum Gasteiger partial charge on any atom is 0.234 e. The number of nitrogens with two attached hydrogens (primary N) is 1. The molecule has 1 aromatic rings. The first kappa shape index (κ1) is 14.2. The molecule has 0 fully saturated rings. The van der Waals surface area contributed by atoms with E-state index >= 15 is 0 Å². The maximum absolute atomic E-state index is 11.4. The number of aryl methyl sites for hydroxylation is 2. The van der Waals surface area contributed by atoms with Crippen LogP contribution in [0.15, 0.2) is 6.07 Å². The molecule has 0 aliphatic heterocycles. The number of carbonyl (C=O) groups excluding carboxylic acids is 1. The zero-order valence-electron chi connectivity index (χ0n) is 11.2. The number of hydrogen-bond donors (Lipinski definition) is 2. The van der Waals surface area contributed by atoms with Gasteiger partial charge in [0.25, 0.3) is 0 Å². The zero-order valence-corrected chi connectivity index (χ0v) is 12.0. The van der Waals surface area contributed by atoms with Crippen LogP contribution in [-0.4, -0.2) is 11.9 Å². The van der Waals surface area contributed by atoms with Crippen LogP contribution in [0.1, 0.15) is 42.1 Å². The Kier molecular flexibility index (Phi) is 4.71. The largest absolute Gasteiger partial charge is 0.368 e. The first-order chi connectivity index (χ1) is 7.82. The van der Waals surface area contributed by atoms with Gasteiger partial charge in [0.1, 0.15) is 0 Å². The molecule has 0 aliphatic rings. The van der Waals surface area contributed by atoms with Gasteiger partial charge in [0.2, 0.25) is 5.91 Å². The van der Waals surface area contributed by atoms with E-state index in [4.69, 9.17) is 5.73 Å². The highest BCUT2D eigenvalue weighted by Gasteiger charge is 2.22. The Morgan fingerprint density at radius 3 is 2.29 bits per heavy atom. The predicted octanol–water partition coefficient (Wildman–Crippen LogP) is 2.53. The summed E-state index contributed by atoms with van der Waals surface area (Å²) < 4.78 is 0. The number of amides is 1. The molecule has 0 aromatic carbocycles. The molecule has 3 nitrogen and oxygen atoms in total. The summed E-state index contributed by atoms with van der Waals surface area (Å²) >= 11 is 1.79. The van der Waals surface area contributed by atoms with Gasteiger partial charge >= 0.3 is 0 Å². The summed E-state index contributed by atoms with van der Waals surface area (Å²) in [5, 5.41) is 3.32. The maximum atomic E-state index is 11.4. The summed E-state index contributed by atoms with van der Waals surface area (Å²) in [6, 6.07) is 2.06. The van der Waals surface area contributed by atoms with Crippen molar-refractivity contribution in [3.63, 3.8) is 0 Å². The molecule has 0 saturated carbocycles. The standard InChI is InChI=1S/C13H22N2OS/c1-7(2)12(13(14)16)15-9(4)11-6-8(3)17-10(11)5/h6-7,9,12,15H,1-5H3,(H2,14,16). The van der Waals surface area contributed by atoms with Gasteiger partial charge in [-0.3, -0.25) is 10.1 Å². The van der Waals surface area contributed by atoms with Crippen molar-refractivity contribution < 1.29 is 4.79 Å². The number of rotatable bonds is 5. The van der Waals surface area contributed by atoms with Crippen LogP contribution < -0.4 is 11.1 Å². The lowest BCUT2D eigenvalue weighted by molar-refractivity contribution is -0.121. The van der Waals surface area contributed by atoms with Crippen molar-refractivity contribution in [2.75, 3.05) is 0 Å². The van der Waals surface area contributed by atoms with Crippen LogP contribution in [0, 0.1) is 19.8 Å². The summed E-state index contributed by atoms with van der Waals surface area (Å²) in [6.07, 6.45) is 0. The molecule has 1 amide bonds. The summed E-state index contributed by atoms with van der Waals surface area (Å²) in [7, 11) is 0. The van der Waals surface area contributed by atoms with Crippen molar-refractivity contribution in [3.8, 4) is 0 Å². The van der Waals surface area contributed by atoms with Crippen molar-refractivity contribution >= 4 is 17.2 Å². The summed E-state index contributed by atoms with van der Waals surface area (Å²) in [4.78, 5) is 14.0. The molecule has 0 saturated heterocycles. The van der Waals surface area contributed by atoms with E-state index in [1.807, 2.05) is 13.8 Å². The second-order valence-electron chi connectivity index (χ2n) is 4.88. The highest BCUT2D eigenvalue weighted by Crippen LogP contribution is 2.26. The normalized spacial score (nSPS) is 14.9. The van der Waals surface area contributed by atoms with Gasteiger partial charge < -0.3 is 5.73 Å². The molecule has 96 valence electrons. The minimum atomic E-state index is -0.281. The quantitative estimate of drug-likeness (QED) is 0.848. The van der Waals surface area contributed by atoms with E-state index in [1.165, 1.54) is 15.3 Å². The molecular weight excluding hydrogens is 232 g/mol. The van der Waals surface area contributed by atoms with Gasteiger partial charge in [0.05, 0.1) is 6.04 Å². The van der Waals surface area contributed by atoms with Gasteiger partial charge in [-0.25, -0.2) is 0 Å². The van der Waals surface area contributed by atoms with Gasteiger partial charge in [-0.2, -0.15) is 0 Å². The van der Waals surface area contributed by atoms with Gasteiger partial charge in [-0.1, -0.05) is 13.8 Å². The number of primary amides is 1. The van der Waals surface area contributed by atoms with Crippen molar-refractivity contribution in [2.24, 2.45) is 11.7 Å².